The summed E-state index contributed by atoms with van der Waals surface area (Å²) < 4.78 is 16.2. The number of benzene rings is 2. The first kappa shape index (κ1) is 20.1. The predicted molar refractivity (Wildman–Crippen MR) is 104 cm³/mol. The number of anilines is 1. The lowest BCUT2D eigenvalue weighted by Gasteiger charge is -2.14. The molecule has 2 aromatic carbocycles. The summed E-state index contributed by atoms with van der Waals surface area (Å²) in [6.07, 6.45) is 1.44. The van der Waals surface area contributed by atoms with Gasteiger partial charge in [-0.1, -0.05) is 23.7 Å². The van der Waals surface area contributed by atoms with E-state index in [1.807, 2.05) is 13.0 Å². The van der Waals surface area contributed by atoms with Crippen LogP contribution in [0.15, 0.2) is 42.0 Å². The van der Waals surface area contributed by atoms with E-state index in [-0.39, 0.29) is 5.57 Å². The number of ether oxygens (including phenoxy) is 3. The molecular formula is C20H19ClN2O4. The van der Waals surface area contributed by atoms with Gasteiger partial charge in [-0.3, -0.25) is 4.79 Å². The van der Waals surface area contributed by atoms with Gasteiger partial charge in [0.15, 0.2) is 11.5 Å². The first-order valence-electron chi connectivity index (χ1n) is 8.10. The first-order valence-corrected chi connectivity index (χ1v) is 8.48. The van der Waals surface area contributed by atoms with Crippen LogP contribution in [0.1, 0.15) is 12.5 Å². The van der Waals surface area contributed by atoms with E-state index in [4.69, 9.17) is 25.8 Å². The minimum Gasteiger partial charge on any atom is -0.493 e. The summed E-state index contributed by atoms with van der Waals surface area (Å²) in [6.45, 7) is 2.28. The highest BCUT2D eigenvalue weighted by molar-refractivity contribution is 6.34. The molecule has 0 aromatic heterocycles. The van der Waals surface area contributed by atoms with E-state index < -0.39 is 5.91 Å². The number of carbonyl (C=O) groups is 1. The number of nitrogens with one attached hydrogen (secondary N) is 1. The number of nitriles is 1. The summed E-state index contributed by atoms with van der Waals surface area (Å²) in [5.74, 6) is 0.758. The zero-order valence-corrected chi connectivity index (χ0v) is 16.0. The number of nitrogens with zero attached hydrogens (tertiary/aromatic N) is 1. The minimum atomic E-state index is -0.572. The number of hydrogen-bond acceptors (Lipinski definition) is 5. The molecular weight excluding hydrogens is 368 g/mol. The lowest BCUT2D eigenvalue weighted by Crippen LogP contribution is -2.13. The summed E-state index contributed by atoms with van der Waals surface area (Å²) in [4.78, 5) is 12.4. The van der Waals surface area contributed by atoms with Crippen molar-refractivity contribution in [3.63, 3.8) is 0 Å². The van der Waals surface area contributed by atoms with Crippen LogP contribution in [0.5, 0.6) is 17.2 Å². The second-order valence-electron chi connectivity index (χ2n) is 5.29. The van der Waals surface area contributed by atoms with Gasteiger partial charge >= 0.3 is 0 Å². The summed E-state index contributed by atoms with van der Waals surface area (Å²) >= 11 is 6.04. The third kappa shape index (κ3) is 4.93. The van der Waals surface area contributed by atoms with E-state index >= 15 is 0 Å². The van der Waals surface area contributed by atoms with Crippen LogP contribution in [0.3, 0.4) is 0 Å². The maximum Gasteiger partial charge on any atom is 0.266 e. The molecule has 7 heteroatoms. The average Bonchev–Trinajstić information content (AvgIpc) is 2.68. The molecule has 0 atom stereocenters. The molecule has 0 radical (unpaired) electrons. The predicted octanol–water partition coefficient (Wildman–Crippen LogP) is 4.30. The van der Waals surface area contributed by atoms with Crippen LogP contribution in [-0.2, 0) is 4.79 Å². The number of hydrogen-bond donors (Lipinski definition) is 1. The Hall–Kier alpha value is -3.17. The minimum absolute atomic E-state index is 0.0943. The smallest absolute Gasteiger partial charge is 0.266 e. The second-order valence-corrected chi connectivity index (χ2v) is 5.70. The standard InChI is InChI=1S/C20H19ClN2O4/c1-4-27-19-17(25-2)10-13(11-18(19)26-3)9-14(12-22)20(24)23-16-8-6-5-7-15(16)21/h5-11H,4H2,1-3H3,(H,23,24)/b14-9-. The van der Waals surface area contributed by atoms with Gasteiger partial charge in [-0.15, -0.1) is 0 Å². The molecule has 6 nitrogen and oxygen atoms in total. The van der Waals surface area contributed by atoms with Crippen molar-refractivity contribution in [3.05, 3.63) is 52.6 Å². The Kier molecular flexibility index (Phi) is 7.09. The van der Waals surface area contributed by atoms with Gasteiger partial charge in [0.1, 0.15) is 11.6 Å². The van der Waals surface area contributed by atoms with Crippen molar-refractivity contribution in [2.24, 2.45) is 0 Å². The topological polar surface area (TPSA) is 80.6 Å². The molecule has 1 N–H and O–H groups in total. The van der Waals surface area contributed by atoms with E-state index in [1.54, 1.807) is 36.4 Å². The van der Waals surface area contributed by atoms with E-state index in [0.717, 1.165) is 0 Å². The molecule has 0 unspecified atom stereocenters. The van der Waals surface area contributed by atoms with Gasteiger partial charge in [-0.2, -0.15) is 5.26 Å². The van der Waals surface area contributed by atoms with E-state index in [0.29, 0.717) is 40.1 Å². The summed E-state index contributed by atoms with van der Waals surface area (Å²) in [5, 5.41) is 12.4. The van der Waals surface area contributed by atoms with Crippen LogP contribution in [0.4, 0.5) is 5.69 Å². The van der Waals surface area contributed by atoms with E-state index in [1.165, 1.54) is 20.3 Å². The Morgan fingerprint density at radius 1 is 1.22 bits per heavy atom. The molecule has 0 fully saturated rings. The van der Waals surface area contributed by atoms with Crippen LogP contribution in [0, 0.1) is 11.3 Å². The van der Waals surface area contributed by atoms with Crippen LogP contribution in [0.25, 0.3) is 6.08 Å². The van der Waals surface area contributed by atoms with Crippen LogP contribution >= 0.6 is 11.6 Å². The number of rotatable bonds is 7. The second kappa shape index (κ2) is 9.51. The average molecular weight is 387 g/mol. The Morgan fingerprint density at radius 2 is 1.85 bits per heavy atom. The maximum absolute atomic E-state index is 12.4. The van der Waals surface area contributed by atoms with E-state index in [2.05, 4.69) is 5.32 Å². The molecule has 0 saturated carbocycles. The quantitative estimate of drug-likeness (QED) is 0.566. The number of amides is 1. The molecule has 0 spiro atoms. The Balaban J connectivity index is 2.38. The van der Waals surface area contributed by atoms with Crippen molar-refractivity contribution >= 4 is 29.3 Å². The number of methoxy groups -OCH3 is 2. The molecule has 0 aliphatic heterocycles. The normalized spacial score (nSPS) is 10.7. The van der Waals surface area contributed by atoms with Crippen molar-refractivity contribution in [2.45, 2.75) is 6.92 Å². The Labute approximate surface area is 162 Å². The molecule has 0 aliphatic carbocycles. The fourth-order valence-electron chi connectivity index (χ4n) is 2.34. The van der Waals surface area contributed by atoms with Gasteiger partial charge in [0, 0.05) is 0 Å². The maximum atomic E-state index is 12.4. The number of carbonyl (C=O) groups excluding carboxylic acids is 1. The highest BCUT2D eigenvalue weighted by Gasteiger charge is 2.16. The summed E-state index contributed by atoms with van der Waals surface area (Å²) in [5.41, 5.74) is 0.883. The lowest BCUT2D eigenvalue weighted by atomic mass is 10.1. The Morgan fingerprint density at radius 3 is 2.37 bits per heavy atom. The van der Waals surface area contributed by atoms with Gasteiger partial charge in [0.05, 0.1) is 31.5 Å². The third-order valence-corrected chi connectivity index (χ3v) is 3.90. The molecule has 0 aliphatic rings. The third-order valence-electron chi connectivity index (χ3n) is 3.57. The Bertz CT molecular complexity index is 878. The molecule has 2 rings (SSSR count). The molecule has 0 bridgehead atoms. The van der Waals surface area contributed by atoms with Crippen LogP contribution < -0.4 is 19.5 Å². The lowest BCUT2D eigenvalue weighted by molar-refractivity contribution is -0.112. The van der Waals surface area contributed by atoms with Gasteiger partial charge in [0.25, 0.3) is 5.91 Å². The SMILES string of the molecule is CCOc1c(OC)cc(/C=C(/C#N)C(=O)Nc2ccccc2Cl)cc1OC. The fraction of sp³-hybridized carbons (Fsp3) is 0.200. The molecule has 27 heavy (non-hydrogen) atoms. The molecule has 0 saturated heterocycles. The van der Waals surface area contributed by atoms with Crippen LogP contribution in [0.2, 0.25) is 5.02 Å². The van der Waals surface area contributed by atoms with Crippen molar-refractivity contribution in [3.8, 4) is 23.3 Å². The van der Waals surface area contributed by atoms with E-state index in [9.17, 15) is 10.1 Å². The highest BCUT2D eigenvalue weighted by atomic mass is 35.5. The number of para-hydroxylation sites is 1. The van der Waals surface area contributed by atoms with Gasteiger partial charge in [0.2, 0.25) is 5.75 Å². The first-order chi connectivity index (χ1) is 13.0. The molecule has 0 heterocycles. The zero-order valence-electron chi connectivity index (χ0n) is 15.2. The van der Waals surface area contributed by atoms with Gasteiger partial charge < -0.3 is 19.5 Å². The molecule has 2 aromatic rings. The fourth-order valence-corrected chi connectivity index (χ4v) is 2.52. The zero-order chi connectivity index (χ0) is 19.8. The van der Waals surface area contributed by atoms with Crippen molar-refractivity contribution in [1.29, 1.82) is 5.26 Å². The summed E-state index contributed by atoms with van der Waals surface area (Å²) in [7, 11) is 3.00. The van der Waals surface area contributed by atoms with Crippen LogP contribution in [-0.4, -0.2) is 26.7 Å². The molecule has 140 valence electrons. The largest absolute Gasteiger partial charge is 0.493 e. The highest BCUT2D eigenvalue weighted by Crippen LogP contribution is 2.39. The van der Waals surface area contributed by atoms with Gasteiger partial charge in [-0.25, -0.2) is 0 Å². The van der Waals surface area contributed by atoms with Crippen molar-refractivity contribution in [1.82, 2.24) is 0 Å². The monoisotopic (exact) mass is 386 g/mol. The molecule has 1 amide bonds. The number of halogens is 1. The summed E-state index contributed by atoms with van der Waals surface area (Å²) in [6, 6.07) is 12.0. The van der Waals surface area contributed by atoms with Crippen molar-refractivity contribution < 1.29 is 19.0 Å². The van der Waals surface area contributed by atoms with Crippen molar-refractivity contribution in [2.75, 3.05) is 26.1 Å². The van der Waals surface area contributed by atoms with Gasteiger partial charge in [-0.05, 0) is 42.8 Å².